The average molecular weight is 594 g/mol. The van der Waals surface area contributed by atoms with Crippen LogP contribution in [0.2, 0.25) is 0 Å². The molecule has 0 radical (unpaired) electrons. The summed E-state index contributed by atoms with van der Waals surface area (Å²) in [6.07, 6.45) is -3.63. The number of rotatable bonds is 11. The van der Waals surface area contributed by atoms with Gasteiger partial charge in [-0.3, -0.25) is 4.79 Å². The van der Waals surface area contributed by atoms with Crippen molar-refractivity contribution in [3.8, 4) is 5.75 Å². The quantitative estimate of drug-likeness (QED) is 0.205. The molecule has 0 aromatic heterocycles. The van der Waals surface area contributed by atoms with Gasteiger partial charge >= 0.3 is 6.18 Å². The van der Waals surface area contributed by atoms with Gasteiger partial charge in [0.05, 0.1) is 29.1 Å². The zero-order chi connectivity index (χ0) is 29.6. The summed E-state index contributed by atoms with van der Waals surface area (Å²) in [7, 11) is -4.49. The van der Waals surface area contributed by atoms with Gasteiger partial charge in [0.1, 0.15) is 11.6 Å². The summed E-state index contributed by atoms with van der Waals surface area (Å²) >= 11 is 0. The Kier molecular flexibility index (Phi) is 9.67. The van der Waals surface area contributed by atoms with E-state index >= 15 is 0 Å². The normalized spacial score (nSPS) is 16.0. The van der Waals surface area contributed by atoms with Crippen molar-refractivity contribution in [2.75, 3.05) is 13.2 Å². The first kappa shape index (κ1) is 30.5. The van der Waals surface area contributed by atoms with Gasteiger partial charge in [-0.25, -0.2) is 17.5 Å². The number of carbonyl (C=O) groups excluding carboxylic acids is 1. The average Bonchev–Trinajstić information content (AvgIpc) is 2.93. The van der Waals surface area contributed by atoms with Gasteiger partial charge in [-0.2, -0.15) is 13.2 Å². The molecule has 3 N–H and O–H groups in total. The van der Waals surface area contributed by atoms with E-state index < -0.39 is 50.5 Å². The Morgan fingerprint density at radius 1 is 1.07 bits per heavy atom. The zero-order valence-corrected chi connectivity index (χ0v) is 23.1. The predicted octanol–water partition coefficient (Wildman–Crippen LogP) is 5.39. The minimum atomic E-state index is -4.74. The Balaban J connectivity index is 1.53. The minimum Gasteiger partial charge on any atom is -0.493 e. The standard InChI is InChI=1S/C29H31F4N3O4S/c1-2-13-34-18-19-6-11-24-25(12-14-40-27(24)15-19)35-28(37)17-26(20-7-9-22(30)10-8-20)36-41(38,39)23-5-3-4-21(16-23)29(31,32)33/h3-11,15-16,25-26,34,36H,2,12-14,17-18H2,1H3,(H,35,37)/t25-,26-/m1/s1. The molecule has 3 aromatic rings. The lowest BCUT2D eigenvalue weighted by atomic mass is 9.98. The van der Waals surface area contributed by atoms with Gasteiger partial charge in [-0.05, 0) is 60.5 Å². The zero-order valence-electron chi connectivity index (χ0n) is 22.3. The molecular formula is C29H31F4N3O4S. The molecule has 1 aliphatic rings. The Hall–Kier alpha value is -3.48. The van der Waals surface area contributed by atoms with Crippen LogP contribution in [0.25, 0.3) is 0 Å². The van der Waals surface area contributed by atoms with E-state index in [0.717, 1.165) is 54.4 Å². The highest BCUT2D eigenvalue weighted by Crippen LogP contribution is 2.34. The molecule has 4 rings (SSSR count). The lowest BCUT2D eigenvalue weighted by Gasteiger charge is -2.28. The van der Waals surface area contributed by atoms with Gasteiger partial charge < -0.3 is 15.4 Å². The van der Waals surface area contributed by atoms with Crippen molar-refractivity contribution in [3.05, 3.63) is 94.8 Å². The molecule has 41 heavy (non-hydrogen) atoms. The first-order valence-electron chi connectivity index (χ1n) is 13.2. The summed E-state index contributed by atoms with van der Waals surface area (Å²) in [5, 5.41) is 6.24. The third-order valence-corrected chi connectivity index (χ3v) is 8.11. The predicted molar refractivity (Wildman–Crippen MR) is 145 cm³/mol. The molecule has 7 nitrogen and oxygen atoms in total. The van der Waals surface area contributed by atoms with Crippen molar-refractivity contribution >= 4 is 15.9 Å². The second-order valence-electron chi connectivity index (χ2n) is 9.76. The summed E-state index contributed by atoms with van der Waals surface area (Å²) in [5.74, 6) is -0.420. The van der Waals surface area contributed by atoms with Crippen molar-refractivity contribution in [2.45, 2.75) is 55.9 Å². The molecule has 0 saturated heterocycles. The van der Waals surface area contributed by atoms with Crippen LogP contribution in [0.15, 0.2) is 71.6 Å². The highest BCUT2D eigenvalue weighted by atomic mass is 32.2. The number of fused-ring (bicyclic) bond motifs is 1. The number of amides is 1. The fourth-order valence-electron chi connectivity index (χ4n) is 4.56. The maximum absolute atomic E-state index is 13.6. The largest absolute Gasteiger partial charge is 0.493 e. The van der Waals surface area contributed by atoms with Crippen LogP contribution in [0.4, 0.5) is 17.6 Å². The lowest BCUT2D eigenvalue weighted by Crippen LogP contribution is -2.36. The van der Waals surface area contributed by atoms with Crippen LogP contribution >= 0.6 is 0 Å². The summed E-state index contributed by atoms with van der Waals surface area (Å²) < 4.78 is 87.6. The van der Waals surface area contributed by atoms with Crippen molar-refractivity contribution < 1.29 is 35.5 Å². The van der Waals surface area contributed by atoms with Crippen LogP contribution < -0.4 is 20.1 Å². The Labute approximate surface area is 236 Å². The van der Waals surface area contributed by atoms with Crippen LogP contribution in [-0.2, 0) is 27.5 Å². The van der Waals surface area contributed by atoms with E-state index in [-0.39, 0.29) is 12.0 Å². The van der Waals surface area contributed by atoms with Crippen molar-refractivity contribution in [3.63, 3.8) is 0 Å². The molecule has 0 spiro atoms. The van der Waals surface area contributed by atoms with Crippen molar-refractivity contribution in [2.24, 2.45) is 0 Å². The Morgan fingerprint density at radius 3 is 2.54 bits per heavy atom. The Morgan fingerprint density at radius 2 is 1.83 bits per heavy atom. The number of nitrogens with one attached hydrogen (secondary N) is 3. The van der Waals surface area contributed by atoms with E-state index in [9.17, 15) is 30.8 Å². The molecule has 0 aliphatic carbocycles. The number of alkyl halides is 3. The molecule has 1 amide bonds. The van der Waals surface area contributed by atoms with E-state index in [1.54, 1.807) is 0 Å². The first-order valence-corrected chi connectivity index (χ1v) is 14.7. The van der Waals surface area contributed by atoms with Gasteiger partial charge in [0, 0.05) is 24.9 Å². The highest BCUT2D eigenvalue weighted by Gasteiger charge is 2.33. The molecule has 3 aromatic carbocycles. The van der Waals surface area contributed by atoms with Crippen LogP contribution in [0.5, 0.6) is 5.75 Å². The number of carbonyl (C=O) groups is 1. The molecule has 2 atom stereocenters. The number of sulfonamides is 1. The molecule has 0 saturated carbocycles. The van der Waals surface area contributed by atoms with Crippen LogP contribution in [0.1, 0.15) is 60.5 Å². The maximum atomic E-state index is 13.6. The molecule has 0 fully saturated rings. The van der Waals surface area contributed by atoms with E-state index in [2.05, 4.69) is 22.3 Å². The number of hydrogen-bond acceptors (Lipinski definition) is 5. The second-order valence-corrected chi connectivity index (χ2v) is 11.5. The summed E-state index contributed by atoms with van der Waals surface area (Å²) in [4.78, 5) is 12.6. The van der Waals surface area contributed by atoms with Gasteiger partial charge in [0.15, 0.2) is 0 Å². The van der Waals surface area contributed by atoms with Crippen LogP contribution in [-0.4, -0.2) is 27.5 Å². The molecule has 1 heterocycles. The number of ether oxygens (including phenoxy) is 1. The minimum absolute atomic E-state index is 0.272. The fourth-order valence-corrected chi connectivity index (χ4v) is 5.83. The van der Waals surface area contributed by atoms with Crippen LogP contribution in [0.3, 0.4) is 0 Å². The molecule has 0 bridgehead atoms. The van der Waals surface area contributed by atoms with E-state index in [0.29, 0.717) is 31.4 Å². The highest BCUT2D eigenvalue weighted by molar-refractivity contribution is 7.89. The van der Waals surface area contributed by atoms with E-state index in [1.807, 2.05) is 18.2 Å². The Bertz CT molecular complexity index is 1460. The monoisotopic (exact) mass is 593 g/mol. The SMILES string of the molecule is CCCNCc1ccc2c(c1)OCC[C@H]2NC(=O)C[C@@H](NS(=O)(=O)c1cccc(C(F)(F)F)c1)c1ccc(F)cc1. The van der Waals surface area contributed by atoms with Gasteiger partial charge in [-0.1, -0.05) is 37.3 Å². The maximum Gasteiger partial charge on any atom is 0.416 e. The molecule has 220 valence electrons. The summed E-state index contributed by atoms with van der Waals surface area (Å²) in [6.45, 7) is 4.00. The van der Waals surface area contributed by atoms with E-state index in [1.165, 1.54) is 12.1 Å². The third kappa shape index (κ3) is 8.05. The summed E-state index contributed by atoms with van der Waals surface area (Å²) in [6, 6.07) is 12.3. The lowest BCUT2D eigenvalue weighted by molar-refractivity contribution is -0.137. The number of halogens is 4. The van der Waals surface area contributed by atoms with Crippen molar-refractivity contribution in [1.82, 2.24) is 15.4 Å². The van der Waals surface area contributed by atoms with Crippen LogP contribution in [0, 0.1) is 5.82 Å². The van der Waals surface area contributed by atoms with Gasteiger partial charge in [0.2, 0.25) is 15.9 Å². The van der Waals surface area contributed by atoms with Gasteiger partial charge in [-0.15, -0.1) is 0 Å². The smallest absolute Gasteiger partial charge is 0.416 e. The van der Waals surface area contributed by atoms with E-state index in [4.69, 9.17) is 4.74 Å². The number of benzene rings is 3. The molecule has 0 unspecified atom stereocenters. The molecular weight excluding hydrogens is 562 g/mol. The molecule has 1 aliphatic heterocycles. The number of hydrogen-bond donors (Lipinski definition) is 3. The first-order chi connectivity index (χ1) is 19.5. The van der Waals surface area contributed by atoms with Gasteiger partial charge in [0.25, 0.3) is 0 Å². The molecule has 12 heteroatoms. The summed E-state index contributed by atoms with van der Waals surface area (Å²) in [5.41, 5.74) is 0.962. The van der Waals surface area contributed by atoms with Crippen molar-refractivity contribution in [1.29, 1.82) is 0 Å². The fraction of sp³-hybridized carbons (Fsp3) is 0.345. The topological polar surface area (TPSA) is 96.5 Å². The third-order valence-electron chi connectivity index (χ3n) is 6.64. The second kappa shape index (κ2) is 13.0.